The van der Waals surface area contributed by atoms with Crippen LogP contribution in [-0.2, 0) is 9.53 Å². The lowest BCUT2D eigenvalue weighted by molar-refractivity contribution is -0.148. The van der Waals surface area contributed by atoms with Crippen molar-refractivity contribution in [3.05, 3.63) is 0 Å². The minimum atomic E-state index is -0.232. The smallest absolute Gasteiger partial charge is 0.323 e. The maximum atomic E-state index is 11.7. The van der Waals surface area contributed by atoms with Crippen LogP contribution in [0.5, 0.6) is 0 Å². The number of methoxy groups -OCH3 is 1. The molecule has 0 unspecified atom stereocenters. The number of carbonyl (C=O) groups is 1. The molecule has 4 nitrogen and oxygen atoms in total. The zero-order valence-corrected chi connectivity index (χ0v) is 12.4. The first-order valence-electron chi connectivity index (χ1n) is 7.23. The number of ether oxygens (including phenoxy) is 1. The van der Waals surface area contributed by atoms with Gasteiger partial charge in [-0.1, -0.05) is 12.8 Å². The van der Waals surface area contributed by atoms with Crippen molar-refractivity contribution in [3.63, 3.8) is 0 Å². The van der Waals surface area contributed by atoms with E-state index < -0.39 is 0 Å². The molecule has 1 heterocycles. The summed E-state index contributed by atoms with van der Waals surface area (Å²) in [5.74, 6) is -0.0999. The normalized spacial score (nSPS) is 20.8. The van der Waals surface area contributed by atoms with Crippen molar-refractivity contribution in [2.45, 2.75) is 58.4 Å². The summed E-state index contributed by atoms with van der Waals surface area (Å²) in [6.45, 7) is 5.87. The molecule has 1 aliphatic rings. The minimum absolute atomic E-state index is 0.0530. The molecule has 0 aromatic heterocycles. The van der Waals surface area contributed by atoms with E-state index in [1.165, 1.54) is 7.11 Å². The fraction of sp³-hybridized carbons (Fsp3) is 0.867. The number of carbonyl (C=O) groups excluding carboxylic acids is 1. The summed E-state index contributed by atoms with van der Waals surface area (Å²) >= 11 is 0. The molecule has 0 aromatic rings. The van der Waals surface area contributed by atoms with Crippen LogP contribution in [0.2, 0.25) is 0 Å². The number of nitrogens with zero attached hydrogens (tertiary/aromatic N) is 2. The fourth-order valence-corrected chi connectivity index (χ4v) is 2.60. The van der Waals surface area contributed by atoms with Crippen LogP contribution < -0.4 is 0 Å². The summed E-state index contributed by atoms with van der Waals surface area (Å²) in [5.41, 5.74) is -0.232. The van der Waals surface area contributed by atoms with Crippen LogP contribution in [0.4, 0.5) is 0 Å². The Morgan fingerprint density at radius 2 is 2.16 bits per heavy atom. The maximum Gasteiger partial charge on any atom is 0.323 e. The molecule has 0 bridgehead atoms. The standard InChI is InChI=1S/C15H26N2O2/c1-15(2,12-16)9-5-7-11-17-10-6-4-8-13(17)14(18)19-3/h13H,4-11H2,1-3H3/t13-/m1/s1. The predicted octanol–water partition coefficient (Wildman–Crippen LogP) is 2.73. The van der Waals surface area contributed by atoms with Crippen molar-refractivity contribution in [1.29, 1.82) is 5.26 Å². The van der Waals surface area contributed by atoms with Gasteiger partial charge in [-0.2, -0.15) is 5.26 Å². The van der Waals surface area contributed by atoms with Gasteiger partial charge in [-0.3, -0.25) is 9.69 Å². The molecule has 0 saturated carbocycles. The SMILES string of the molecule is COC(=O)[C@H]1CCCCN1CCCCC(C)(C)C#N. The highest BCUT2D eigenvalue weighted by atomic mass is 16.5. The Balaban J connectivity index is 2.34. The van der Waals surface area contributed by atoms with E-state index in [0.717, 1.165) is 51.6 Å². The van der Waals surface area contributed by atoms with Gasteiger partial charge in [0.05, 0.1) is 18.6 Å². The van der Waals surface area contributed by atoms with E-state index >= 15 is 0 Å². The first kappa shape index (κ1) is 16.0. The van der Waals surface area contributed by atoms with E-state index in [9.17, 15) is 4.79 Å². The van der Waals surface area contributed by atoms with Gasteiger partial charge in [-0.05, 0) is 52.6 Å². The number of likely N-dealkylation sites (tertiary alicyclic amines) is 1. The lowest BCUT2D eigenvalue weighted by Crippen LogP contribution is -2.45. The molecule has 0 N–H and O–H groups in total. The average molecular weight is 266 g/mol. The monoisotopic (exact) mass is 266 g/mol. The van der Waals surface area contributed by atoms with Gasteiger partial charge in [0.2, 0.25) is 0 Å². The Morgan fingerprint density at radius 3 is 2.79 bits per heavy atom. The molecule has 19 heavy (non-hydrogen) atoms. The highest BCUT2D eigenvalue weighted by molar-refractivity contribution is 5.75. The van der Waals surface area contributed by atoms with Crippen LogP contribution in [0.3, 0.4) is 0 Å². The molecule has 0 spiro atoms. The van der Waals surface area contributed by atoms with E-state index in [0.29, 0.717) is 0 Å². The number of esters is 1. The Morgan fingerprint density at radius 1 is 1.42 bits per heavy atom. The van der Waals surface area contributed by atoms with E-state index in [1.54, 1.807) is 0 Å². The van der Waals surface area contributed by atoms with Crippen LogP contribution in [0, 0.1) is 16.7 Å². The third kappa shape index (κ3) is 5.20. The highest BCUT2D eigenvalue weighted by Crippen LogP contribution is 2.23. The predicted molar refractivity (Wildman–Crippen MR) is 74.5 cm³/mol. The number of hydrogen-bond acceptors (Lipinski definition) is 4. The number of rotatable bonds is 6. The minimum Gasteiger partial charge on any atom is -0.468 e. The van der Waals surface area contributed by atoms with Crippen molar-refractivity contribution >= 4 is 5.97 Å². The van der Waals surface area contributed by atoms with Gasteiger partial charge in [-0.25, -0.2) is 0 Å². The second-order valence-electron chi connectivity index (χ2n) is 6.02. The zero-order valence-electron chi connectivity index (χ0n) is 12.4. The van der Waals surface area contributed by atoms with Gasteiger partial charge >= 0.3 is 5.97 Å². The molecule has 0 radical (unpaired) electrons. The summed E-state index contributed by atoms with van der Waals surface area (Å²) in [5, 5.41) is 8.97. The van der Waals surface area contributed by atoms with Gasteiger partial charge < -0.3 is 4.74 Å². The molecule has 1 saturated heterocycles. The quantitative estimate of drug-likeness (QED) is 0.548. The summed E-state index contributed by atoms with van der Waals surface area (Å²) < 4.78 is 4.87. The fourth-order valence-electron chi connectivity index (χ4n) is 2.60. The van der Waals surface area contributed by atoms with Crippen molar-refractivity contribution < 1.29 is 9.53 Å². The molecule has 1 aliphatic heterocycles. The molecule has 108 valence electrons. The molecular weight excluding hydrogens is 240 g/mol. The zero-order chi connectivity index (χ0) is 14.3. The van der Waals surface area contributed by atoms with Crippen molar-refractivity contribution in [1.82, 2.24) is 4.90 Å². The summed E-state index contributed by atoms with van der Waals surface area (Å²) in [6, 6.07) is 2.28. The van der Waals surface area contributed by atoms with Crippen LogP contribution in [0.25, 0.3) is 0 Å². The molecule has 0 amide bonds. The maximum absolute atomic E-state index is 11.7. The lowest BCUT2D eigenvalue weighted by Gasteiger charge is -2.33. The van der Waals surface area contributed by atoms with Crippen molar-refractivity contribution in [2.24, 2.45) is 5.41 Å². The average Bonchev–Trinajstić information content (AvgIpc) is 2.43. The highest BCUT2D eigenvalue weighted by Gasteiger charge is 2.28. The Bertz CT molecular complexity index is 334. The van der Waals surface area contributed by atoms with Gasteiger partial charge in [0.25, 0.3) is 0 Å². The lowest BCUT2D eigenvalue weighted by atomic mass is 9.89. The molecular formula is C15H26N2O2. The van der Waals surface area contributed by atoms with Gasteiger partial charge in [-0.15, -0.1) is 0 Å². The topological polar surface area (TPSA) is 53.3 Å². The number of unbranched alkanes of at least 4 members (excludes halogenated alkanes) is 1. The largest absolute Gasteiger partial charge is 0.468 e. The van der Waals surface area contributed by atoms with E-state index in [1.807, 2.05) is 13.8 Å². The van der Waals surface area contributed by atoms with Crippen LogP contribution >= 0.6 is 0 Å². The van der Waals surface area contributed by atoms with E-state index in [-0.39, 0.29) is 17.4 Å². The van der Waals surface area contributed by atoms with Crippen LogP contribution in [0.1, 0.15) is 52.4 Å². The number of hydrogen-bond donors (Lipinski definition) is 0. The first-order valence-corrected chi connectivity index (χ1v) is 7.23. The Labute approximate surface area is 116 Å². The van der Waals surface area contributed by atoms with Crippen LogP contribution in [0.15, 0.2) is 0 Å². The van der Waals surface area contributed by atoms with Gasteiger partial charge in [0, 0.05) is 0 Å². The molecule has 1 atom stereocenters. The van der Waals surface area contributed by atoms with Gasteiger partial charge in [0.15, 0.2) is 0 Å². The van der Waals surface area contributed by atoms with E-state index in [4.69, 9.17) is 10.00 Å². The molecule has 1 fully saturated rings. The summed E-state index contributed by atoms with van der Waals surface area (Å²) in [6.07, 6.45) is 6.18. The van der Waals surface area contributed by atoms with E-state index in [2.05, 4.69) is 11.0 Å². The number of piperidine rings is 1. The third-order valence-electron chi connectivity index (χ3n) is 3.89. The van der Waals surface area contributed by atoms with Crippen molar-refractivity contribution in [2.75, 3.05) is 20.2 Å². The van der Waals surface area contributed by atoms with Crippen molar-refractivity contribution in [3.8, 4) is 6.07 Å². The third-order valence-corrected chi connectivity index (χ3v) is 3.89. The molecule has 4 heteroatoms. The second kappa shape index (κ2) is 7.49. The first-order chi connectivity index (χ1) is 9.00. The Hall–Kier alpha value is -1.08. The van der Waals surface area contributed by atoms with Crippen LogP contribution in [-0.4, -0.2) is 37.1 Å². The second-order valence-corrected chi connectivity index (χ2v) is 6.02. The molecule has 0 aliphatic carbocycles. The molecule has 0 aromatic carbocycles. The van der Waals surface area contributed by atoms with Gasteiger partial charge in [0.1, 0.15) is 6.04 Å². The molecule has 1 rings (SSSR count). The number of nitriles is 1. The summed E-state index contributed by atoms with van der Waals surface area (Å²) in [4.78, 5) is 14.0. The Kier molecular flexibility index (Phi) is 6.30. The summed E-state index contributed by atoms with van der Waals surface area (Å²) in [7, 11) is 1.46.